The van der Waals surface area contributed by atoms with E-state index < -0.39 is 12.3 Å². The molecule has 0 saturated carbocycles. The molecule has 232 valence electrons. The minimum Gasteiger partial charge on any atom is -0.465 e. The van der Waals surface area contributed by atoms with Crippen molar-refractivity contribution in [2.45, 2.75) is 44.5 Å². The number of fused-ring (bicyclic) bond motifs is 1. The van der Waals surface area contributed by atoms with Gasteiger partial charge in [-0.1, -0.05) is 23.7 Å². The lowest BCUT2D eigenvalue weighted by Gasteiger charge is -2.39. The Morgan fingerprint density at radius 1 is 1.20 bits per heavy atom. The van der Waals surface area contributed by atoms with E-state index in [2.05, 4.69) is 20.3 Å². The Labute approximate surface area is 260 Å². The number of carbonyl (C=O) groups excluding carboxylic acids is 1. The van der Waals surface area contributed by atoms with E-state index in [4.69, 9.17) is 26.8 Å². The molecule has 2 aliphatic heterocycles. The molecule has 6 rings (SSSR count). The number of esters is 1. The summed E-state index contributed by atoms with van der Waals surface area (Å²) in [6.45, 7) is 3.96. The number of carbonyl (C=O) groups is 1. The van der Waals surface area contributed by atoms with Crippen molar-refractivity contribution >= 4 is 50.9 Å². The number of aromatic nitrogens is 3. The van der Waals surface area contributed by atoms with Gasteiger partial charge < -0.3 is 25.4 Å². The Kier molecular flexibility index (Phi) is 8.29. The Morgan fingerprint density at radius 3 is 2.75 bits per heavy atom. The number of nitrogens with zero attached hydrogens (tertiary/aromatic N) is 4. The van der Waals surface area contributed by atoms with Crippen molar-refractivity contribution in [1.82, 2.24) is 20.3 Å². The van der Waals surface area contributed by atoms with Crippen LogP contribution in [0, 0.1) is 5.41 Å². The number of hydrogen-bond donors (Lipinski definition) is 2. The highest BCUT2D eigenvalue weighted by Gasteiger charge is 2.46. The van der Waals surface area contributed by atoms with Gasteiger partial charge in [0.2, 0.25) is 17.9 Å². The van der Waals surface area contributed by atoms with Gasteiger partial charge in [0, 0.05) is 36.3 Å². The van der Waals surface area contributed by atoms with Gasteiger partial charge in [-0.25, -0.2) is 4.98 Å². The van der Waals surface area contributed by atoms with Gasteiger partial charge >= 0.3 is 12.1 Å². The Bertz CT molecular complexity index is 1680. The first-order valence-electron chi connectivity index (χ1n) is 14.2. The van der Waals surface area contributed by atoms with Gasteiger partial charge in [-0.2, -0.15) is 23.1 Å². The van der Waals surface area contributed by atoms with E-state index >= 15 is 0 Å². The number of benzene rings is 2. The molecule has 2 aromatic carbocycles. The lowest BCUT2D eigenvalue weighted by atomic mass is 9.76. The van der Waals surface area contributed by atoms with Crippen LogP contribution in [0.4, 0.5) is 24.9 Å². The van der Waals surface area contributed by atoms with Gasteiger partial charge in [0.1, 0.15) is 11.9 Å². The highest BCUT2D eigenvalue weighted by molar-refractivity contribution is 7.16. The summed E-state index contributed by atoms with van der Waals surface area (Å²) in [6.07, 6.45) is -4.96. The second kappa shape index (κ2) is 12.0. The number of anilines is 2. The number of piperidine rings is 1. The van der Waals surface area contributed by atoms with E-state index in [1.54, 1.807) is 24.6 Å². The number of rotatable bonds is 7. The van der Waals surface area contributed by atoms with Crippen molar-refractivity contribution in [3.05, 3.63) is 58.6 Å². The molecule has 4 aromatic rings. The van der Waals surface area contributed by atoms with Crippen LogP contribution in [0.25, 0.3) is 21.3 Å². The third-order valence-electron chi connectivity index (χ3n) is 8.26. The van der Waals surface area contributed by atoms with E-state index in [-0.39, 0.29) is 45.4 Å². The van der Waals surface area contributed by atoms with Gasteiger partial charge in [0.05, 0.1) is 22.3 Å². The van der Waals surface area contributed by atoms with Crippen molar-refractivity contribution < 1.29 is 27.4 Å². The fourth-order valence-corrected chi connectivity index (χ4v) is 6.86. The second-order valence-electron chi connectivity index (χ2n) is 11.1. The molecule has 9 nitrogen and oxygen atoms in total. The van der Waals surface area contributed by atoms with Crippen molar-refractivity contribution in [1.29, 1.82) is 0 Å². The van der Waals surface area contributed by atoms with Gasteiger partial charge in [-0.3, -0.25) is 4.79 Å². The molecule has 44 heavy (non-hydrogen) atoms. The molecule has 14 heteroatoms. The summed E-state index contributed by atoms with van der Waals surface area (Å²) < 4.78 is 55.7. The van der Waals surface area contributed by atoms with Crippen LogP contribution >= 0.6 is 22.9 Å². The molecule has 2 fully saturated rings. The predicted octanol–water partition coefficient (Wildman–Crippen LogP) is 6.18. The molecule has 2 aliphatic rings. The molecule has 0 aliphatic carbocycles. The number of ether oxygens (including phenoxy) is 2. The number of nitrogen functional groups attached to an aromatic ring is 1. The molecule has 0 bridgehead atoms. The van der Waals surface area contributed by atoms with Crippen LogP contribution in [0.3, 0.4) is 0 Å². The molecule has 3 N–H and O–H groups in total. The van der Waals surface area contributed by atoms with Gasteiger partial charge in [0.25, 0.3) is 0 Å². The lowest BCUT2D eigenvalue weighted by Crippen LogP contribution is -2.41. The third-order valence-corrected chi connectivity index (χ3v) is 9.31. The fraction of sp³-hybridized carbons (Fsp3) is 0.400. The average molecular weight is 647 g/mol. The quantitative estimate of drug-likeness (QED) is 0.227. The molecule has 2 saturated heterocycles. The number of halogens is 4. The summed E-state index contributed by atoms with van der Waals surface area (Å²) in [6, 6.07) is 10.5. The van der Waals surface area contributed by atoms with Crippen molar-refractivity contribution in [2.75, 3.05) is 36.9 Å². The van der Waals surface area contributed by atoms with Crippen LogP contribution in [0.5, 0.6) is 5.88 Å². The zero-order valence-electron chi connectivity index (χ0n) is 23.7. The molecular formula is C30H30ClF3N6O3S. The molecule has 2 atom stereocenters. The number of nitrogens with two attached hydrogens (primary N) is 1. The van der Waals surface area contributed by atoms with E-state index in [9.17, 15) is 18.0 Å². The van der Waals surface area contributed by atoms with Crippen LogP contribution < -0.4 is 20.7 Å². The molecule has 4 heterocycles. The first kappa shape index (κ1) is 30.4. The normalized spacial score (nSPS) is 18.9. The number of nitrogens with one attached hydrogen (secondary N) is 1. The molecule has 0 amide bonds. The van der Waals surface area contributed by atoms with Crippen LogP contribution in [0.1, 0.15) is 37.9 Å². The molecule has 2 aromatic heterocycles. The second-order valence-corrected chi connectivity index (χ2v) is 12.4. The van der Waals surface area contributed by atoms with E-state index in [0.717, 1.165) is 17.5 Å². The summed E-state index contributed by atoms with van der Waals surface area (Å²) in [4.78, 5) is 26.8. The molecule has 1 spiro atoms. The monoisotopic (exact) mass is 646 g/mol. The average Bonchev–Trinajstić information content (AvgIpc) is 3.63. The van der Waals surface area contributed by atoms with Crippen LogP contribution in [-0.2, 0) is 9.53 Å². The topological polar surface area (TPSA) is 115 Å². The van der Waals surface area contributed by atoms with Gasteiger partial charge in [-0.15, -0.1) is 11.3 Å². The summed E-state index contributed by atoms with van der Waals surface area (Å²) in [5.41, 5.74) is 8.92. The largest absolute Gasteiger partial charge is 0.465 e. The van der Waals surface area contributed by atoms with Crippen LogP contribution in [-0.4, -0.2) is 59.4 Å². The minimum absolute atomic E-state index is 0.0697. The summed E-state index contributed by atoms with van der Waals surface area (Å²) in [7, 11) is 0. The Morgan fingerprint density at radius 2 is 2.00 bits per heavy atom. The van der Waals surface area contributed by atoms with Crippen LogP contribution in [0.15, 0.2) is 48.0 Å². The molecule has 0 radical (unpaired) electrons. The summed E-state index contributed by atoms with van der Waals surface area (Å²) in [5, 5.41) is 3.56. The van der Waals surface area contributed by atoms with Crippen LogP contribution in [0.2, 0.25) is 5.02 Å². The first-order chi connectivity index (χ1) is 21.0. The SMILES string of the molecule is CCOC(=O)C1CC2(CCN(c3cc(O[C@H](c4ccc(Cl)cc4-c4ccc5scnc5c4)C(F)(F)F)nc(N)n3)CC2)CN1. The number of alkyl halides is 3. The van der Waals surface area contributed by atoms with Crippen molar-refractivity contribution in [3.63, 3.8) is 0 Å². The highest BCUT2D eigenvalue weighted by atomic mass is 35.5. The summed E-state index contributed by atoms with van der Waals surface area (Å²) >= 11 is 7.69. The van der Waals surface area contributed by atoms with Gasteiger partial charge in [0.15, 0.2) is 0 Å². The minimum atomic E-state index is -4.80. The first-order valence-corrected chi connectivity index (χ1v) is 15.5. The standard InChI is InChI=1S/C30H30ClF3N6O3S/c1-2-42-27(41)22-14-29(15-36-22)7-9-40(10-8-29)24-13-25(39-28(35)38-24)43-26(30(32,33)34)19-5-4-18(31)12-20(19)17-3-6-23-21(11-17)37-16-44-23/h3-6,11-13,16,22,26,36H,2,7-10,14-15H2,1H3,(H2,35,38,39)/t22?,26-/m1/s1. The van der Waals surface area contributed by atoms with E-state index in [1.165, 1.54) is 35.6 Å². The lowest BCUT2D eigenvalue weighted by molar-refractivity contribution is -0.198. The smallest absolute Gasteiger partial charge is 0.429 e. The van der Waals surface area contributed by atoms with Crippen molar-refractivity contribution in [3.8, 4) is 17.0 Å². The number of thiazole rings is 1. The Balaban J connectivity index is 1.24. The molecular weight excluding hydrogens is 617 g/mol. The summed E-state index contributed by atoms with van der Waals surface area (Å²) in [5.74, 6) is -0.366. The van der Waals surface area contributed by atoms with Gasteiger partial charge in [-0.05, 0) is 67.0 Å². The van der Waals surface area contributed by atoms with E-state index in [1.807, 2.05) is 11.0 Å². The Hall–Kier alpha value is -3.68. The third kappa shape index (κ3) is 6.26. The zero-order valence-corrected chi connectivity index (χ0v) is 25.3. The predicted molar refractivity (Wildman–Crippen MR) is 163 cm³/mol. The fourth-order valence-electron chi connectivity index (χ4n) is 6.03. The molecule has 1 unspecified atom stereocenters. The zero-order chi connectivity index (χ0) is 31.1. The number of hydrogen-bond acceptors (Lipinski definition) is 10. The highest BCUT2D eigenvalue weighted by Crippen LogP contribution is 2.44. The maximum absolute atomic E-state index is 14.7. The maximum Gasteiger partial charge on any atom is 0.429 e. The van der Waals surface area contributed by atoms with E-state index in [0.29, 0.717) is 49.6 Å². The maximum atomic E-state index is 14.7. The van der Waals surface area contributed by atoms with Crippen molar-refractivity contribution in [2.24, 2.45) is 5.41 Å².